The topological polar surface area (TPSA) is 99.9 Å². The van der Waals surface area contributed by atoms with Gasteiger partial charge >= 0.3 is 5.97 Å². The first-order valence-corrected chi connectivity index (χ1v) is 4.82. The summed E-state index contributed by atoms with van der Waals surface area (Å²) in [4.78, 5) is 22.4. The summed E-state index contributed by atoms with van der Waals surface area (Å²) in [6.45, 7) is 1.92. The summed E-state index contributed by atoms with van der Waals surface area (Å²) < 4.78 is 14.3. The van der Waals surface area contributed by atoms with Crippen LogP contribution in [0, 0.1) is 0 Å². The summed E-state index contributed by atoms with van der Waals surface area (Å²) in [5, 5.41) is 2.41. The minimum absolute atomic E-state index is 0.110. The largest absolute Gasteiger partial charge is 0.464 e. The van der Waals surface area contributed by atoms with Crippen molar-refractivity contribution in [1.29, 1.82) is 0 Å². The van der Waals surface area contributed by atoms with Crippen LogP contribution in [0.1, 0.15) is 6.92 Å². The van der Waals surface area contributed by atoms with Gasteiger partial charge in [-0.2, -0.15) is 0 Å². The third-order valence-electron chi connectivity index (χ3n) is 1.79. The molecule has 0 bridgehead atoms. The van der Waals surface area contributed by atoms with Gasteiger partial charge in [-0.15, -0.1) is 0 Å². The maximum absolute atomic E-state index is 11.3. The molecule has 7 nitrogen and oxygen atoms in total. The molecule has 7 heteroatoms. The van der Waals surface area contributed by atoms with Gasteiger partial charge in [0.1, 0.15) is 0 Å². The zero-order valence-corrected chi connectivity index (χ0v) is 9.69. The van der Waals surface area contributed by atoms with Crippen molar-refractivity contribution in [3.8, 4) is 0 Å². The van der Waals surface area contributed by atoms with E-state index in [-0.39, 0.29) is 13.2 Å². The Morgan fingerprint density at radius 3 is 2.31 bits per heavy atom. The van der Waals surface area contributed by atoms with Gasteiger partial charge in [-0.25, -0.2) is 4.79 Å². The van der Waals surface area contributed by atoms with Crippen LogP contribution in [0.3, 0.4) is 0 Å². The Morgan fingerprint density at radius 2 is 1.88 bits per heavy atom. The summed E-state index contributed by atoms with van der Waals surface area (Å²) in [5.41, 5.74) is 5.35. The zero-order valence-electron chi connectivity index (χ0n) is 9.69. The lowest BCUT2D eigenvalue weighted by atomic mass is 10.3. The number of carbonyl (C=O) groups excluding carboxylic acids is 2. The molecular weight excluding hydrogens is 216 g/mol. The molecule has 0 fully saturated rings. The summed E-state index contributed by atoms with van der Waals surface area (Å²) >= 11 is 0. The van der Waals surface area contributed by atoms with Gasteiger partial charge in [-0.1, -0.05) is 0 Å². The molecule has 0 aromatic rings. The Bertz CT molecular complexity index is 230. The van der Waals surface area contributed by atoms with Gasteiger partial charge in [0.2, 0.25) is 5.91 Å². The minimum atomic E-state index is -1.32. The van der Waals surface area contributed by atoms with Crippen LogP contribution in [0.4, 0.5) is 0 Å². The first kappa shape index (κ1) is 14.8. The average Bonchev–Trinajstić information content (AvgIpc) is 2.29. The van der Waals surface area contributed by atoms with Gasteiger partial charge in [0.25, 0.3) is 0 Å². The monoisotopic (exact) mass is 234 g/mol. The lowest BCUT2D eigenvalue weighted by Crippen LogP contribution is -2.48. The molecule has 16 heavy (non-hydrogen) atoms. The van der Waals surface area contributed by atoms with E-state index in [9.17, 15) is 9.59 Å². The number of amides is 1. The van der Waals surface area contributed by atoms with E-state index in [1.54, 1.807) is 6.92 Å². The molecule has 0 rings (SSSR count). The Labute approximate surface area is 94.2 Å². The third kappa shape index (κ3) is 5.06. The highest BCUT2D eigenvalue weighted by molar-refractivity contribution is 6.01. The smallest absolute Gasteiger partial charge is 0.332 e. The fourth-order valence-electron chi connectivity index (χ4n) is 0.896. The Hall–Kier alpha value is -1.18. The molecule has 1 atom stereocenters. The van der Waals surface area contributed by atoms with Crippen molar-refractivity contribution < 1.29 is 23.8 Å². The van der Waals surface area contributed by atoms with E-state index in [0.717, 1.165) is 0 Å². The molecule has 0 aromatic heterocycles. The number of hydrogen-bond donors (Lipinski definition) is 2. The van der Waals surface area contributed by atoms with Crippen LogP contribution in [0.15, 0.2) is 0 Å². The molecule has 1 amide bonds. The number of hydrogen-bond acceptors (Lipinski definition) is 6. The second-order valence-electron chi connectivity index (χ2n) is 2.88. The number of esters is 1. The quantitative estimate of drug-likeness (QED) is 0.319. The number of methoxy groups -OCH3 is 2. The number of ether oxygens (including phenoxy) is 3. The molecule has 0 radical (unpaired) electrons. The predicted octanol–water partition coefficient (Wildman–Crippen LogP) is -1.39. The highest BCUT2D eigenvalue weighted by Crippen LogP contribution is 1.90. The molecule has 0 aliphatic carbocycles. The van der Waals surface area contributed by atoms with Crippen molar-refractivity contribution in [2.75, 3.05) is 27.4 Å². The van der Waals surface area contributed by atoms with Crippen molar-refractivity contribution in [2.45, 2.75) is 19.3 Å². The molecule has 0 aliphatic heterocycles. The number of nitrogens with one attached hydrogen (secondary N) is 1. The molecule has 0 heterocycles. The minimum Gasteiger partial charge on any atom is -0.464 e. The SMILES string of the molecule is CCOC(=O)C(N)C(=O)NCC(OC)OC. The molecule has 0 saturated carbocycles. The van der Waals surface area contributed by atoms with Gasteiger partial charge in [0.15, 0.2) is 12.3 Å². The fourth-order valence-corrected chi connectivity index (χ4v) is 0.896. The first-order chi connectivity index (χ1) is 7.56. The van der Waals surface area contributed by atoms with Crippen LogP contribution in [-0.2, 0) is 23.8 Å². The lowest BCUT2D eigenvalue weighted by Gasteiger charge is -2.15. The van der Waals surface area contributed by atoms with Gasteiger partial charge in [0.05, 0.1) is 13.2 Å². The van der Waals surface area contributed by atoms with Crippen molar-refractivity contribution in [3.05, 3.63) is 0 Å². The molecule has 0 aliphatic rings. The van der Waals surface area contributed by atoms with E-state index in [0.29, 0.717) is 0 Å². The normalized spacial score (nSPS) is 12.3. The molecule has 0 aromatic carbocycles. The maximum atomic E-state index is 11.3. The van der Waals surface area contributed by atoms with Gasteiger partial charge < -0.3 is 25.3 Å². The Morgan fingerprint density at radius 1 is 1.31 bits per heavy atom. The standard InChI is InChI=1S/C9H18N2O5/c1-4-16-9(13)7(10)8(12)11-5-6(14-2)15-3/h6-7H,4-5,10H2,1-3H3,(H,11,12). The second-order valence-corrected chi connectivity index (χ2v) is 2.88. The van der Waals surface area contributed by atoms with E-state index in [1.165, 1.54) is 14.2 Å². The second kappa shape index (κ2) is 8.03. The van der Waals surface area contributed by atoms with Crippen LogP contribution in [0.5, 0.6) is 0 Å². The van der Waals surface area contributed by atoms with E-state index < -0.39 is 24.2 Å². The third-order valence-corrected chi connectivity index (χ3v) is 1.79. The van der Waals surface area contributed by atoms with E-state index in [2.05, 4.69) is 10.1 Å². The molecule has 0 saturated heterocycles. The Balaban J connectivity index is 4.00. The molecule has 1 unspecified atom stereocenters. The van der Waals surface area contributed by atoms with E-state index in [1.807, 2.05) is 0 Å². The van der Waals surface area contributed by atoms with Crippen molar-refractivity contribution >= 4 is 11.9 Å². The lowest BCUT2D eigenvalue weighted by molar-refractivity contribution is -0.148. The fraction of sp³-hybridized carbons (Fsp3) is 0.778. The number of rotatable bonds is 7. The maximum Gasteiger partial charge on any atom is 0.332 e. The van der Waals surface area contributed by atoms with Crippen LogP contribution >= 0.6 is 0 Å². The molecular formula is C9H18N2O5. The summed E-state index contributed by atoms with van der Waals surface area (Å²) in [6, 6.07) is -1.32. The van der Waals surface area contributed by atoms with E-state index in [4.69, 9.17) is 15.2 Å². The number of nitrogens with two attached hydrogens (primary N) is 1. The van der Waals surface area contributed by atoms with Gasteiger partial charge in [0, 0.05) is 14.2 Å². The first-order valence-electron chi connectivity index (χ1n) is 4.82. The highest BCUT2D eigenvalue weighted by Gasteiger charge is 2.23. The molecule has 94 valence electrons. The Kier molecular flexibility index (Phi) is 7.44. The van der Waals surface area contributed by atoms with Crippen molar-refractivity contribution in [3.63, 3.8) is 0 Å². The summed E-state index contributed by atoms with van der Waals surface area (Å²) in [5.74, 6) is -1.39. The van der Waals surface area contributed by atoms with Crippen LogP contribution < -0.4 is 11.1 Å². The number of carbonyl (C=O) groups is 2. The van der Waals surface area contributed by atoms with Crippen LogP contribution in [0.2, 0.25) is 0 Å². The zero-order chi connectivity index (χ0) is 12.6. The summed E-state index contributed by atoms with van der Waals surface area (Å²) in [7, 11) is 2.87. The van der Waals surface area contributed by atoms with Crippen molar-refractivity contribution in [2.24, 2.45) is 5.73 Å². The van der Waals surface area contributed by atoms with Crippen molar-refractivity contribution in [1.82, 2.24) is 5.32 Å². The predicted molar refractivity (Wildman–Crippen MR) is 55.4 cm³/mol. The van der Waals surface area contributed by atoms with Crippen LogP contribution in [0.25, 0.3) is 0 Å². The average molecular weight is 234 g/mol. The van der Waals surface area contributed by atoms with Gasteiger partial charge in [-0.3, -0.25) is 4.79 Å². The van der Waals surface area contributed by atoms with E-state index >= 15 is 0 Å². The summed E-state index contributed by atoms with van der Waals surface area (Å²) in [6.07, 6.45) is -0.571. The van der Waals surface area contributed by atoms with Crippen LogP contribution in [-0.4, -0.2) is 51.6 Å². The highest BCUT2D eigenvalue weighted by atomic mass is 16.7. The molecule has 0 spiro atoms. The van der Waals surface area contributed by atoms with Gasteiger partial charge in [-0.05, 0) is 6.92 Å². The molecule has 3 N–H and O–H groups in total.